The summed E-state index contributed by atoms with van der Waals surface area (Å²) in [5.74, 6) is 0. The molecule has 5 heteroatoms. The van der Waals surface area contributed by atoms with Gasteiger partial charge in [-0.3, -0.25) is 4.79 Å². The Balaban J connectivity index is 3.61. The average molecular weight is 190 g/mol. The molecule has 0 saturated carbocycles. The van der Waals surface area contributed by atoms with Gasteiger partial charge < -0.3 is 15.4 Å². The molecule has 0 aromatic rings. The molecule has 70 valence electrons. The van der Waals surface area contributed by atoms with E-state index in [1.54, 1.807) is 6.92 Å². The van der Waals surface area contributed by atoms with Gasteiger partial charge in [-0.15, -0.1) is 0 Å². The third-order valence-corrected chi connectivity index (χ3v) is 1.25. The van der Waals surface area contributed by atoms with Gasteiger partial charge in [-0.25, -0.2) is 0 Å². The van der Waals surface area contributed by atoms with Gasteiger partial charge in [-0.1, -0.05) is 0 Å². The normalized spacial score (nSPS) is 12.0. The van der Waals surface area contributed by atoms with E-state index in [9.17, 15) is 4.79 Å². The van der Waals surface area contributed by atoms with Crippen molar-refractivity contribution < 1.29 is 9.53 Å². The maximum atomic E-state index is 9.89. The van der Waals surface area contributed by atoms with Crippen LogP contribution in [0.2, 0.25) is 0 Å². The first-order chi connectivity index (χ1) is 5.56. The number of ether oxygens (including phenoxy) is 1. The first-order valence-corrected chi connectivity index (χ1v) is 4.13. The Bertz CT molecular complexity index is 161. The maximum absolute atomic E-state index is 9.89. The lowest BCUT2D eigenvalue weighted by atomic mass is 10.4. The summed E-state index contributed by atoms with van der Waals surface area (Å²) in [6.07, 6.45) is -0.388. The van der Waals surface area contributed by atoms with E-state index in [1.807, 2.05) is 13.8 Å². The topological polar surface area (TPSA) is 50.4 Å². The highest BCUT2D eigenvalue weighted by molar-refractivity contribution is 7.80. The lowest BCUT2D eigenvalue weighted by molar-refractivity contribution is -0.133. The summed E-state index contributed by atoms with van der Waals surface area (Å²) >= 11 is 4.90. The number of carbonyl (C=O) groups excluding carboxylic acids is 1. The summed E-state index contributed by atoms with van der Waals surface area (Å²) in [4.78, 5) is 9.89. The molecule has 0 radical (unpaired) electrons. The Morgan fingerprint density at radius 1 is 1.42 bits per heavy atom. The minimum Gasteiger partial charge on any atom is -0.444 e. The van der Waals surface area contributed by atoms with Gasteiger partial charge in [-0.2, -0.15) is 0 Å². The third-order valence-electron chi connectivity index (χ3n) is 1.01. The molecule has 0 spiro atoms. The highest BCUT2D eigenvalue weighted by Gasteiger charge is 2.03. The van der Waals surface area contributed by atoms with Gasteiger partial charge in [-0.05, 0) is 33.0 Å². The van der Waals surface area contributed by atoms with Crippen LogP contribution in [0.25, 0.3) is 0 Å². The fourth-order valence-corrected chi connectivity index (χ4v) is 1.01. The molecule has 0 bridgehead atoms. The Kier molecular flexibility index (Phi) is 5.36. The van der Waals surface area contributed by atoms with E-state index in [4.69, 9.17) is 12.2 Å². The van der Waals surface area contributed by atoms with Gasteiger partial charge >= 0.3 is 0 Å². The van der Waals surface area contributed by atoms with E-state index >= 15 is 0 Å². The van der Waals surface area contributed by atoms with Gasteiger partial charge in [0, 0.05) is 6.04 Å². The predicted molar refractivity (Wildman–Crippen MR) is 50.6 cm³/mol. The van der Waals surface area contributed by atoms with Crippen molar-refractivity contribution in [2.24, 2.45) is 0 Å². The number of nitrogens with one attached hydrogen (secondary N) is 2. The molecule has 0 heterocycles. The fourth-order valence-electron chi connectivity index (χ4n) is 0.606. The average Bonchev–Trinajstić information content (AvgIpc) is 1.84. The Morgan fingerprint density at radius 2 is 2.00 bits per heavy atom. The summed E-state index contributed by atoms with van der Waals surface area (Å²) in [6.45, 7) is 6.02. The van der Waals surface area contributed by atoms with Gasteiger partial charge in [0.1, 0.15) is 0 Å². The first-order valence-electron chi connectivity index (χ1n) is 3.72. The van der Waals surface area contributed by atoms with Crippen LogP contribution >= 0.6 is 12.2 Å². The maximum Gasteiger partial charge on any atom is 0.294 e. The van der Waals surface area contributed by atoms with Crippen LogP contribution in [0.5, 0.6) is 0 Å². The molecule has 12 heavy (non-hydrogen) atoms. The summed E-state index contributed by atoms with van der Waals surface area (Å²) in [7, 11) is 0. The Morgan fingerprint density at radius 3 is 2.42 bits per heavy atom. The van der Waals surface area contributed by atoms with Gasteiger partial charge in [0.25, 0.3) is 6.47 Å². The van der Waals surface area contributed by atoms with E-state index in [2.05, 4.69) is 15.4 Å². The van der Waals surface area contributed by atoms with Crippen molar-refractivity contribution in [1.29, 1.82) is 0 Å². The second-order valence-electron chi connectivity index (χ2n) is 2.65. The molecule has 2 N–H and O–H groups in total. The molecule has 0 aliphatic heterocycles. The van der Waals surface area contributed by atoms with Crippen LogP contribution in [0.15, 0.2) is 0 Å². The zero-order valence-electron chi connectivity index (χ0n) is 7.46. The second-order valence-corrected chi connectivity index (χ2v) is 3.06. The molecule has 0 aromatic carbocycles. The third kappa shape index (κ3) is 5.91. The van der Waals surface area contributed by atoms with E-state index in [0.29, 0.717) is 11.6 Å². The number of thiocarbonyl (C=S) groups is 1. The zero-order valence-corrected chi connectivity index (χ0v) is 8.27. The smallest absolute Gasteiger partial charge is 0.294 e. The number of rotatable bonds is 4. The van der Waals surface area contributed by atoms with Crippen molar-refractivity contribution in [3.63, 3.8) is 0 Å². The molecule has 0 aliphatic rings. The molecule has 0 amide bonds. The fraction of sp³-hybridized carbons (Fsp3) is 0.714. The van der Waals surface area contributed by atoms with Gasteiger partial charge in [0.2, 0.25) is 0 Å². The quantitative estimate of drug-likeness (QED) is 0.381. The van der Waals surface area contributed by atoms with E-state index in [1.165, 1.54) is 0 Å². The molecule has 1 atom stereocenters. The van der Waals surface area contributed by atoms with Crippen molar-refractivity contribution >= 4 is 23.8 Å². The highest BCUT2D eigenvalue weighted by atomic mass is 32.1. The minimum absolute atomic E-state index is 0.272. The van der Waals surface area contributed by atoms with Crippen LogP contribution in [0.1, 0.15) is 20.8 Å². The molecular weight excluding hydrogens is 176 g/mol. The molecule has 0 fully saturated rings. The summed E-state index contributed by atoms with van der Waals surface area (Å²) < 4.78 is 4.57. The van der Waals surface area contributed by atoms with E-state index in [-0.39, 0.29) is 12.3 Å². The Labute approximate surface area is 77.7 Å². The number of carbonyl (C=O) groups is 1. The van der Waals surface area contributed by atoms with Crippen LogP contribution in [0, 0.1) is 0 Å². The molecule has 0 aromatic heterocycles. The van der Waals surface area contributed by atoms with Crippen LogP contribution in [-0.4, -0.2) is 23.9 Å². The molecular formula is C7H14N2O2S. The van der Waals surface area contributed by atoms with Crippen molar-refractivity contribution in [2.45, 2.75) is 33.0 Å². The first kappa shape index (κ1) is 11.2. The molecule has 0 saturated heterocycles. The Hall–Kier alpha value is -0.840. The van der Waals surface area contributed by atoms with Crippen LogP contribution in [0.4, 0.5) is 0 Å². The lowest BCUT2D eigenvalue weighted by Gasteiger charge is -2.16. The highest BCUT2D eigenvalue weighted by Crippen LogP contribution is 1.83. The molecule has 0 aliphatic carbocycles. The SMILES string of the molecule is CC(C)NC(=S)NC(C)OC=O. The largest absolute Gasteiger partial charge is 0.444 e. The van der Waals surface area contributed by atoms with Crippen LogP contribution in [-0.2, 0) is 9.53 Å². The number of hydrogen-bond donors (Lipinski definition) is 2. The van der Waals surface area contributed by atoms with Gasteiger partial charge in [0.15, 0.2) is 11.3 Å². The van der Waals surface area contributed by atoms with E-state index in [0.717, 1.165) is 0 Å². The summed E-state index contributed by atoms with van der Waals surface area (Å²) in [5, 5.41) is 6.22. The standard InChI is InChI=1S/C7H14N2O2S/c1-5(2)8-7(12)9-6(3)11-4-10/h4-6H,1-3H3,(H2,8,9,12). The summed E-state index contributed by atoms with van der Waals surface area (Å²) in [6, 6.07) is 0.272. The summed E-state index contributed by atoms with van der Waals surface area (Å²) in [5.41, 5.74) is 0. The monoisotopic (exact) mass is 190 g/mol. The van der Waals surface area contributed by atoms with Crippen molar-refractivity contribution in [3.05, 3.63) is 0 Å². The van der Waals surface area contributed by atoms with Crippen molar-refractivity contribution in [1.82, 2.24) is 10.6 Å². The minimum atomic E-state index is -0.388. The molecule has 4 nitrogen and oxygen atoms in total. The zero-order chi connectivity index (χ0) is 9.56. The number of hydrogen-bond acceptors (Lipinski definition) is 3. The second kappa shape index (κ2) is 5.77. The molecule has 0 rings (SSSR count). The van der Waals surface area contributed by atoms with Crippen molar-refractivity contribution in [3.8, 4) is 0 Å². The van der Waals surface area contributed by atoms with Gasteiger partial charge in [0.05, 0.1) is 0 Å². The van der Waals surface area contributed by atoms with Crippen molar-refractivity contribution in [2.75, 3.05) is 0 Å². The van der Waals surface area contributed by atoms with Crippen LogP contribution in [0.3, 0.4) is 0 Å². The predicted octanol–water partition coefficient (Wildman–Crippen LogP) is 0.378. The van der Waals surface area contributed by atoms with Crippen LogP contribution < -0.4 is 10.6 Å². The van der Waals surface area contributed by atoms with E-state index < -0.39 is 0 Å². The molecule has 1 unspecified atom stereocenters. The lowest BCUT2D eigenvalue weighted by Crippen LogP contribution is -2.44.